The molecule has 0 radical (unpaired) electrons. The van der Waals surface area contributed by atoms with E-state index >= 15 is 0 Å². The Kier molecular flexibility index (Phi) is 6.52. The Labute approximate surface area is 161 Å². The van der Waals surface area contributed by atoms with Crippen LogP contribution in [0, 0.1) is 0 Å². The third-order valence-electron chi connectivity index (χ3n) is 5.26. The number of morpholine rings is 1. The van der Waals surface area contributed by atoms with Crippen molar-refractivity contribution in [1.29, 1.82) is 0 Å². The number of piperidine rings is 1. The molecular formula is C19H29N3O4S. The Balaban J connectivity index is 1.83. The summed E-state index contributed by atoms with van der Waals surface area (Å²) in [7, 11) is -3.64. The molecule has 1 aromatic carbocycles. The number of carbonyl (C=O) groups is 1. The molecule has 2 saturated heterocycles. The molecule has 1 aromatic rings. The molecule has 2 aliphatic heterocycles. The fourth-order valence-electron chi connectivity index (χ4n) is 3.69. The highest BCUT2D eigenvalue weighted by Gasteiger charge is 2.29. The van der Waals surface area contributed by atoms with Crippen LogP contribution in [0.5, 0.6) is 0 Å². The summed E-state index contributed by atoms with van der Waals surface area (Å²) >= 11 is 0. The molecule has 2 N–H and O–H groups in total. The zero-order valence-corrected chi connectivity index (χ0v) is 16.8. The van der Waals surface area contributed by atoms with Crippen molar-refractivity contribution in [1.82, 2.24) is 14.9 Å². The number of hydrogen-bond donors (Lipinski definition) is 2. The molecule has 2 aliphatic rings. The second kappa shape index (κ2) is 8.68. The van der Waals surface area contributed by atoms with Crippen LogP contribution in [0.3, 0.4) is 0 Å². The lowest BCUT2D eigenvalue weighted by atomic mass is 10.00. The van der Waals surface area contributed by atoms with Gasteiger partial charge < -0.3 is 15.4 Å². The Morgan fingerprint density at radius 2 is 2.07 bits per heavy atom. The Morgan fingerprint density at radius 3 is 2.74 bits per heavy atom. The van der Waals surface area contributed by atoms with Crippen LogP contribution in [0.1, 0.15) is 42.6 Å². The van der Waals surface area contributed by atoms with Gasteiger partial charge in [-0.25, -0.2) is 8.42 Å². The molecule has 8 heteroatoms. The van der Waals surface area contributed by atoms with Crippen LogP contribution in [-0.4, -0.2) is 63.6 Å². The lowest BCUT2D eigenvalue weighted by Gasteiger charge is -2.29. The molecule has 2 unspecified atom stereocenters. The van der Waals surface area contributed by atoms with Gasteiger partial charge in [-0.2, -0.15) is 4.31 Å². The normalized spacial score (nSPS) is 24.5. The predicted octanol–water partition coefficient (Wildman–Crippen LogP) is 1.14. The number of sulfonamides is 1. The maximum atomic E-state index is 13.1. The number of aryl methyl sites for hydroxylation is 1. The van der Waals surface area contributed by atoms with Gasteiger partial charge in [0.2, 0.25) is 10.0 Å². The summed E-state index contributed by atoms with van der Waals surface area (Å²) in [6, 6.07) is 5.48. The SMILES string of the molecule is CCc1ccc(C(=O)NC2CCNC(C)C2)cc1S(=O)(=O)N1CCOCC1. The summed E-state index contributed by atoms with van der Waals surface area (Å²) in [4.78, 5) is 12.9. The smallest absolute Gasteiger partial charge is 0.251 e. The number of carbonyl (C=O) groups excluding carboxylic acids is 1. The van der Waals surface area contributed by atoms with Gasteiger partial charge in [0.15, 0.2) is 0 Å². The number of nitrogens with zero attached hydrogens (tertiary/aromatic N) is 1. The molecule has 0 aromatic heterocycles. The van der Waals surface area contributed by atoms with E-state index in [2.05, 4.69) is 17.6 Å². The molecule has 7 nitrogen and oxygen atoms in total. The Morgan fingerprint density at radius 1 is 1.33 bits per heavy atom. The fraction of sp³-hybridized carbons (Fsp3) is 0.632. The summed E-state index contributed by atoms with van der Waals surface area (Å²) in [5.41, 5.74) is 1.12. The largest absolute Gasteiger partial charge is 0.379 e. The average Bonchev–Trinajstić information content (AvgIpc) is 2.68. The first-order chi connectivity index (χ1) is 12.9. The first kappa shape index (κ1) is 20.3. The van der Waals surface area contributed by atoms with Gasteiger partial charge in [-0.1, -0.05) is 13.0 Å². The average molecular weight is 396 g/mol. The molecule has 1 amide bonds. The summed E-state index contributed by atoms with van der Waals surface area (Å²) in [5, 5.41) is 6.41. The zero-order valence-electron chi connectivity index (χ0n) is 16.0. The number of hydrogen-bond acceptors (Lipinski definition) is 5. The predicted molar refractivity (Wildman–Crippen MR) is 103 cm³/mol. The van der Waals surface area contributed by atoms with E-state index in [1.807, 2.05) is 6.92 Å². The van der Waals surface area contributed by atoms with E-state index in [9.17, 15) is 13.2 Å². The van der Waals surface area contributed by atoms with Gasteiger partial charge in [-0.15, -0.1) is 0 Å². The molecule has 0 aliphatic carbocycles. The van der Waals surface area contributed by atoms with Gasteiger partial charge in [-0.05, 0) is 50.4 Å². The van der Waals surface area contributed by atoms with E-state index < -0.39 is 10.0 Å². The summed E-state index contributed by atoms with van der Waals surface area (Å²) in [6.07, 6.45) is 2.34. The Hall–Kier alpha value is -1.48. The van der Waals surface area contributed by atoms with Crippen LogP contribution in [0.15, 0.2) is 23.1 Å². The van der Waals surface area contributed by atoms with Gasteiger partial charge in [0, 0.05) is 30.7 Å². The Bertz CT molecular complexity index is 775. The van der Waals surface area contributed by atoms with Gasteiger partial charge >= 0.3 is 0 Å². The number of amides is 1. The van der Waals surface area contributed by atoms with E-state index in [0.29, 0.717) is 44.3 Å². The number of rotatable bonds is 5. The summed E-state index contributed by atoms with van der Waals surface area (Å²) in [6.45, 7) is 6.37. The molecule has 2 heterocycles. The van der Waals surface area contributed by atoms with Crippen LogP contribution in [0.2, 0.25) is 0 Å². The highest BCUT2D eigenvalue weighted by atomic mass is 32.2. The lowest BCUT2D eigenvalue weighted by Crippen LogP contribution is -2.46. The summed E-state index contributed by atoms with van der Waals surface area (Å²) in [5.74, 6) is -0.213. The molecule has 3 rings (SSSR count). The van der Waals surface area contributed by atoms with Gasteiger partial charge in [0.05, 0.1) is 18.1 Å². The zero-order chi connectivity index (χ0) is 19.4. The number of benzene rings is 1. The minimum atomic E-state index is -3.64. The standard InChI is InChI=1S/C19H29N3O4S/c1-3-15-4-5-16(19(23)21-17-6-7-20-14(2)12-17)13-18(15)27(24,25)22-8-10-26-11-9-22/h4-5,13-14,17,20H,3,6-12H2,1-2H3,(H,21,23). The molecular weight excluding hydrogens is 366 g/mol. The van der Waals surface area contributed by atoms with Crippen molar-refractivity contribution in [2.45, 2.75) is 50.1 Å². The van der Waals surface area contributed by atoms with Gasteiger partial charge in [0.25, 0.3) is 5.91 Å². The first-order valence-corrected chi connectivity index (χ1v) is 11.1. The van der Waals surface area contributed by atoms with Crippen molar-refractivity contribution >= 4 is 15.9 Å². The molecule has 2 fully saturated rings. The number of nitrogens with one attached hydrogen (secondary N) is 2. The second-order valence-electron chi connectivity index (χ2n) is 7.24. The van der Waals surface area contributed by atoms with Crippen LogP contribution in [-0.2, 0) is 21.2 Å². The van der Waals surface area contributed by atoms with E-state index in [1.165, 1.54) is 10.4 Å². The molecule has 0 bridgehead atoms. The molecule has 0 spiro atoms. The third-order valence-corrected chi connectivity index (χ3v) is 7.24. The quantitative estimate of drug-likeness (QED) is 0.781. The minimum absolute atomic E-state index is 0.110. The van der Waals surface area contributed by atoms with Crippen molar-refractivity contribution in [3.8, 4) is 0 Å². The lowest BCUT2D eigenvalue weighted by molar-refractivity contribution is 0.0730. The third kappa shape index (κ3) is 4.68. The number of ether oxygens (including phenoxy) is 1. The van der Waals surface area contributed by atoms with Crippen LogP contribution in [0.25, 0.3) is 0 Å². The summed E-state index contributed by atoms with van der Waals surface area (Å²) < 4.78 is 32.9. The fourth-order valence-corrected chi connectivity index (χ4v) is 5.41. The van der Waals surface area contributed by atoms with Crippen molar-refractivity contribution < 1.29 is 17.9 Å². The minimum Gasteiger partial charge on any atom is -0.379 e. The van der Waals surface area contributed by atoms with E-state index in [1.54, 1.807) is 12.1 Å². The second-order valence-corrected chi connectivity index (χ2v) is 9.15. The first-order valence-electron chi connectivity index (χ1n) is 9.67. The van der Waals surface area contributed by atoms with E-state index in [-0.39, 0.29) is 16.8 Å². The van der Waals surface area contributed by atoms with Crippen molar-refractivity contribution in [3.63, 3.8) is 0 Å². The van der Waals surface area contributed by atoms with Crippen LogP contribution < -0.4 is 10.6 Å². The van der Waals surface area contributed by atoms with Crippen molar-refractivity contribution in [3.05, 3.63) is 29.3 Å². The van der Waals surface area contributed by atoms with Crippen molar-refractivity contribution in [2.24, 2.45) is 0 Å². The van der Waals surface area contributed by atoms with Gasteiger partial charge in [0.1, 0.15) is 0 Å². The molecule has 0 saturated carbocycles. The topological polar surface area (TPSA) is 87.7 Å². The van der Waals surface area contributed by atoms with E-state index in [0.717, 1.165) is 24.9 Å². The maximum absolute atomic E-state index is 13.1. The highest BCUT2D eigenvalue weighted by Crippen LogP contribution is 2.24. The molecule has 2 atom stereocenters. The molecule has 150 valence electrons. The monoisotopic (exact) mass is 395 g/mol. The maximum Gasteiger partial charge on any atom is 0.251 e. The van der Waals surface area contributed by atoms with Gasteiger partial charge in [-0.3, -0.25) is 4.79 Å². The molecule has 27 heavy (non-hydrogen) atoms. The van der Waals surface area contributed by atoms with E-state index in [4.69, 9.17) is 4.74 Å². The highest BCUT2D eigenvalue weighted by molar-refractivity contribution is 7.89. The van der Waals surface area contributed by atoms with Crippen LogP contribution >= 0.6 is 0 Å². The van der Waals surface area contributed by atoms with Crippen molar-refractivity contribution in [2.75, 3.05) is 32.8 Å². The van der Waals surface area contributed by atoms with Crippen LogP contribution in [0.4, 0.5) is 0 Å².